The van der Waals surface area contributed by atoms with E-state index in [4.69, 9.17) is 11.6 Å². The van der Waals surface area contributed by atoms with Crippen LogP contribution in [0.15, 0.2) is 24.3 Å². The van der Waals surface area contributed by atoms with E-state index in [0.717, 1.165) is 17.9 Å². The number of hydrogen-bond acceptors (Lipinski definition) is 2. The van der Waals surface area contributed by atoms with Crippen molar-refractivity contribution in [2.24, 2.45) is 5.92 Å². The summed E-state index contributed by atoms with van der Waals surface area (Å²) < 4.78 is 0. The van der Waals surface area contributed by atoms with Gasteiger partial charge in [-0.25, -0.2) is 0 Å². The van der Waals surface area contributed by atoms with Crippen LogP contribution in [0.5, 0.6) is 0 Å². The summed E-state index contributed by atoms with van der Waals surface area (Å²) in [7, 11) is 0. The fourth-order valence-corrected chi connectivity index (χ4v) is 2.75. The van der Waals surface area contributed by atoms with Gasteiger partial charge in [-0.05, 0) is 54.4 Å². The minimum absolute atomic E-state index is 0.267. The summed E-state index contributed by atoms with van der Waals surface area (Å²) in [6.07, 6.45) is 3.20. The first-order chi connectivity index (χ1) is 8.26. The molecule has 0 fully saturated rings. The molecule has 1 aromatic rings. The van der Waals surface area contributed by atoms with Crippen LogP contribution in [0.3, 0.4) is 0 Å². The average molecular weight is 273 g/mol. The molecule has 0 aliphatic carbocycles. The van der Waals surface area contributed by atoms with E-state index in [1.807, 2.05) is 30.0 Å². The maximum atomic E-state index is 9.37. The van der Waals surface area contributed by atoms with Crippen LogP contribution in [-0.4, -0.2) is 23.2 Å². The molecule has 0 aliphatic heterocycles. The Labute approximate surface area is 114 Å². The minimum atomic E-state index is 0.267. The van der Waals surface area contributed by atoms with E-state index in [9.17, 15) is 5.11 Å². The van der Waals surface area contributed by atoms with Gasteiger partial charge in [-0.2, -0.15) is 11.8 Å². The molecule has 0 spiro atoms. The summed E-state index contributed by atoms with van der Waals surface area (Å²) in [4.78, 5) is 0. The Bertz CT molecular complexity index is 317. The predicted octanol–water partition coefficient (Wildman–Crippen LogP) is 4.02. The number of benzene rings is 1. The smallest absolute Gasteiger partial charge is 0.0462 e. The van der Waals surface area contributed by atoms with E-state index in [-0.39, 0.29) is 6.61 Å². The third kappa shape index (κ3) is 6.35. The molecule has 0 amide bonds. The second kappa shape index (κ2) is 8.84. The van der Waals surface area contributed by atoms with Crippen molar-refractivity contribution in [3.05, 3.63) is 34.9 Å². The lowest BCUT2D eigenvalue weighted by molar-refractivity contribution is 0.217. The number of thioether (sulfide) groups is 1. The maximum Gasteiger partial charge on any atom is 0.0462 e. The number of hydrogen-bond donors (Lipinski definition) is 1. The molecule has 0 heterocycles. The van der Waals surface area contributed by atoms with Crippen molar-refractivity contribution in [2.75, 3.05) is 18.1 Å². The van der Waals surface area contributed by atoms with E-state index in [0.29, 0.717) is 5.92 Å². The number of aliphatic hydroxyl groups is 1. The molecular formula is C14H21ClOS. The highest BCUT2D eigenvalue weighted by Crippen LogP contribution is 2.18. The Morgan fingerprint density at radius 1 is 1.41 bits per heavy atom. The third-order valence-electron chi connectivity index (χ3n) is 2.78. The molecule has 17 heavy (non-hydrogen) atoms. The molecule has 1 rings (SSSR count). The Kier molecular flexibility index (Phi) is 7.74. The highest BCUT2D eigenvalue weighted by molar-refractivity contribution is 7.99. The standard InChI is InChI=1S/C14H21ClOS/c1-2-17-8-4-6-13(11-16)9-12-5-3-7-14(15)10-12/h3,5,7,10,13,16H,2,4,6,8-9,11H2,1H3. The molecule has 1 N–H and O–H groups in total. The first-order valence-electron chi connectivity index (χ1n) is 6.19. The monoisotopic (exact) mass is 272 g/mol. The van der Waals surface area contributed by atoms with Crippen LogP contribution in [-0.2, 0) is 6.42 Å². The lowest BCUT2D eigenvalue weighted by Crippen LogP contribution is -2.10. The Hall–Kier alpha value is -0.180. The van der Waals surface area contributed by atoms with Gasteiger partial charge in [-0.15, -0.1) is 0 Å². The zero-order valence-corrected chi connectivity index (χ0v) is 11.9. The van der Waals surface area contributed by atoms with E-state index in [1.54, 1.807) is 0 Å². The molecule has 96 valence electrons. The summed E-state index contributed by atoms with van der Waals surface area (Å²) in [5.41, 5.74) is 1.22. The first-order valence-corrected chi connectivity index (χ1v) is 7.72. The summed E-state index contributed by atoms with van der Waals surface area (Å²) >= 11 is 7.92. The van der Waals surface area contributed by atoms with Gasteiger partial charge in [0.25, 0.3) is 0 Å². The molecule has 1 aromatic carbocycles. The quantitative estimate of drug-likeness (QED) is 0.721. The highest BCUT2D eigenvalue weighted by Gasteiger charge is 2.08. The Balaban J connectivity index is 2.35. The van der Waals surface area contributed by atoms with Gasteiger partial charge < -0.3 is 5.11 Å². The van der Waals surface area contributed by atoms with Crippen molar-refractivity contribution in [1.29, 1.82) is 0 Å². The van der Waals surface area contributed by atoms with E-state index in [2.05, 4.69) is 13.0 Å². The number of rotatable bonds is 8. The molecule has 0 radical (unpaired) electrons. The lowest BCUT2D eigenvalue weighted by atomic mass is 9.96. The Morgan fingerprint density at radius 3 is 2.88 bits per heavy atom. The molecule has 1 atom stereocenters. The minimum Gasteiger partial charge on any atom is -0.396 e. The van der Waals surface area contributed by atoms with E-state index < -0.39 is 0 Å². The van der Waals surface area contributed by atoms with Crippen LogP contribution < -0.4 is 0 Å². The molecule has 3 heteroatoms. The van der Waals surface area contributed by atoms with E-state index in [1.165, 1.54) is 23.5 Å². The SMILES string of the molecule is CCSCCCC(CO)Cc1cccc(Cl)c1. The van der Waals surface area contributed by atoms with Crippen LogP contribution in [0.2, 0.25) is 5.02 Å². The lowest BCUT2D eigenvalue weighted by Gasteiger charge is -2.14. The molecule has 1 nitrogen and oxygen atoms in total. The fraction of sp³-hybridized carbons (Fsp3) is 0.571. The molecule has 0 aromatic heterocycles. The summed E-state index contributed by atoms with van der Waals surface area (Å²) in [6.45, 7) is 2.45. The predicted molar refractivity (Wildman–Crippen MR) is 78.0 cm³/mol. The molecule has 0 saturated carbocycles. The van der Waals surface area contributed by atoms with Crippen molar-refractivity contribution >= 4 is 23.4 Å². The first kappa shape index (κ1) is 14.9. The Morgan fingerprint density at radius 2 is 2.24 bits per heavy atom. The van der Waals surface area contributed by atoms with Crippen molar-refractivity contribution in [3.8, 4) is 0 Å². The zero-order chi connectivity index (χ0) is 12.5. The van der Waals surface area contributed by atoms with E-state index >= 15 is 0 Å². The van der Waals surface area contributed by atoms with Gasteiger partial charge in [-0.3, -0.25) is 0 Å². The highest BCUT2D eigenvalue weighted by atomic mass is 35.5. The molecular weight excluding hydrogens is 252 g/mol. The van der Waals surface area contributed by atoms with Crippen molar-refractivity contribution in [1.82, 2.24) is 0 Å². The van der Waals surface area contributed by atoms with Gasteiger partial charge in [0.15, 0.2) is 0 Å². The van der Waals surface area contributed by atoms with Gasteiger partial charge in [-0.1, -0.05) is 30.7 Å². The van der Waals surface area contributed by atoms with Crippen molar-refractivity contribution < 1.29 is 5.11 Å². The number of aliphatic hydroxyl groups excluding tert-OH is 1. The summed E-state index contributed by atoms with van der Waals surface area (Å²) in [6, 6.07) is 7.93. The van der Waals surface area contributed by atoms with Crippen LogP contribution in [0.1, 0.15) is 25.3 Å². The van der Waals surface area contributed by atoms with Crippen molar-refractivity contribution in [2.45, 2.75) is 26.2 Å². The van der Waals surface area contributed by atoms with Gasteiger partial charge in [0.1, 0.15) is 0 Å². The molecule has 1 unspecified atom stereocenters. The topological polar surface area (TPSA) is 20.2 Å². The van der Waals surface area contributed by atoms with Crippen LogP contribution in [0.25, 0.3) is 0 Å². The zero-order valence-electron chi connectivity index (χ0n) is 10.4. The van der Waals surface area contributed by atoms with Gasteiger partial charge in [0, 0.05) is 11.6 Å². The molecule has 0 saturated heterocycles. The van der Waals surface area contributed by atoms with Crippen LogP contribution >= 0.6 is 23.4 Å². The molecule has 0 aliphatic rings. The van der Waals surface area contributed by atoms with Gasteiger partial charge in [0.2, 0.25) is 0 Å². The normalized spacial score (nSPS) is 12.6. The van der Waals surface area contributed by atoms with Gasteiger partial charge >= 0.3 is 0 Å². The largest absolute Gasteiger partial charge is 0.396 e. The fourth-order valence-electron chi connectivity index (χ4n) is 1.87. The summed E-state index contributed by atoms with van der Waals surface area (Å²) in [5, 5.41) is 10.2. The third-order valence-corrected chi connectivity index (χ3v) is 4.00. The second-order valence-electron chi connectivity index (χ2n) is 4.22. The molecule has 0 bridgehead atoms. The van der Waals surface area contributed by atoms with Crippen molar-refractivity contribution in [3.63, 3.8) is 0 Å². The maximum absolute atomic E-state index is 9.37. The number of halogens is 1. The second-order valence-corrected chi connectivity index (χ2v) is 6.05. The van der Waals surface area contributed by atoms with Gasteiger partial charge in [0.05, 0.1) is 0 Å². The van der Waals surface area contributed by atoms with Crippen LogP contribution in [0.4, 0.5) is 0 Å². The van der Waals surface area contributed by atoms with Crippen LogP contribution in [0, 0.1) is 5.92 Å². The average Bonchev–Trinajstić information content (AvgIpc) is 2.33. The summed E-state index contributed by atoms with van der Waals surface area (Å²) in [5.74, 6) is 2.74.